The number of aromatic amines is 1. The Kier molecular flexibility index (Phi) is 7.59. The number of piperidine rings is 1. The normalized spacial score (nSPS) is 19.5. The lowest BCUT2D eigenvalue weighted by Gasteiger charge is -2.27. The number of nitrogens with one attached hydrogen (secondary N) is 4. The van der Waals surface area contributed by atoms with E-state index in [2.05, 4.69) is 20.9 Å². The maximum absolute atomic E-state index is 14.1. The van der Waals surface area contributed by atoms with Gasteiger partial charge < -0.3 is 25.7 Å². The number of ether oxygens (including phenoxy) is 1. The fraction of sp³-hybridized carbons (Fsp3) is 0.500. The second-order valence-electron chi connectivity index (χ2n) is 9.16. The van der Waals surface area contributed by atoms with Crippen molar-refractivity contribution in [3.05, 3.63) is 34.7 Å². The van der Waals surface area contributed by atoms with Crippen LogP contribution in [-0.4, -0.2) is 54.4 Å². The lowest BCUT2D eigenvalue weighted by molar-refractivity contribution is -0.146. The summed E-state index contributed by atoms with van der Waals surface area (Å²) >= 11 is 6.12. The molecule has 3 atom stereocenters. The van der Waals surface area contributed by atoms with Gasteiger partial charge in [0.2, 0.25) is 11.8 Å². The van der Waals surface area contributed by atoms with Crippen molar-refractivity contribution in [2.24, 2.45) is 11.8 Å². The van der Waals surface area contributed by atoms with Crippen LogP contribution in [0.1, 0.15) is 49.0 Å². The second-order valence-corrected chi connectivity index (χ2v) is 9.56. The zero-order valence-corrected chi connectivity index (χ0v) is 20.0. The number of hydrogen-bond donors (Lipinski definition) is 4. The van der Waals surface area contributed by atoms with Gasteiger partial charge in [-0.15, -0.1) is 0 Å². The fourth-order valence-electron chi connectivity index (χ4n) is 4.40. The molecule has 2 aliphatic rings. The van der Waals surface area contributed by atoms with Gasteiger partial charge >= 0.3 is 5.97 Å². The molecule has 2 fully saturated rings. The summed E-state index contributed by atoms with van der Waals surface area (Å²) in [6, 6.07) is 2.08. The minimum Gasteiger partial charge on any atom is -0.467 e. The van der Waals surface area contributed by atoms with E-state index in [0.717, 1.165) is 19.3 Å². The SMILES string of the molecule is COC(=O)[C@H](C[C@@H]1CCCNC1=O)NC(=O)[C@H](CC1CC1)NC(=O)c1cc2c(Cl)ccc(F)c2[nH]1. The van der Waals surface area contributed by atoms with Crippen molar-refractivity contribution in [1.29, 1.82) is 0 Å². The quantitative estimate of drug-likeness (QED) is 0.388. The molecule has 1 aromatic heterocycles. The van der Waals surface area contributed by atoms with E-state index >= 15 is 0 Å². The number of carbonyl (C=O) groups excluding carboxylic acids is 4. The van der Waals surface area contributed by atoms with E-state index in [1.807, 2.05) is 0 Å². The molecule has 9 nitrogen and oxygen atoms in total. The van der Waals surface area contributed by atoms with Crippen LogP contribution < -0.4 is 16.0 Å². The number of amides is 3. The van der Waals surface area contributed by atoms with Gasteiger partial charge in [0.25, 0.3) is 5.91 Å². The first-order valence-corrected chi connectivity index (χ1v) is 12.1. The van der Waals surface area contributed by atoms with Crippen molar-refractivity contribution in [2.75, 3.05) is 13.7 Å². The predicted molar refractivity (Wildman–Crippen MR) is 126 cm³/mol. The van der Waals surface area contributed by atoms with E-state index in [0.29, 0.717) is 24.8 Å². The standard InChI is InChI=1S/C24H28ClFN4O5/c1-35-24(34)19(10-13-3-2-8-27-21(13)31)30-22(32)17(9-12-4-5-12)29-23(33)18-11-14-15(25)6-7-16(26)20(14)28-18/h6-7,11-13,17,19,28H,2-5,8-10H2,1H3,(H,27,31)(H,29,33)(H,30,32)/t13-,17-,19-/m0/s1. The Bertz CT molecular complexity index is 1110. The third-order valence-electron chi connectivity index (χ3n) is 6.54. The third kappa shape index (κ3) is 5.93. The molecule has 2 heterocycles. The van der Waals surface area contributed by atoms with Crippen LogP contribution in [0.2, 0.25) is 5.02 Å². The van der Waals surface area contributed by atoms with E-state index in [4.69, 9.17) is 16.3 Å². The van der Waals surface area contributed by atoms with Crippen LogP contribution in [0, 0.1) is 17.7 Å². The van der Waals surface area contributed by atoms with Gasteiger partial charge in [0.15, 0.2) is 0 Å². The van der Waals surface area contributed by atoms with E-state index in [1.165, 1.54) is 25.3 Å². The highest BCUT2D eigenvalue weighted by Crippen LogP contribution is 2.34. The third-order valence-corrected chi connectivity index (χ3v) is 6.87. The largest absolute Gasteiger partial charge is 0.467 e. The van der Waals surface area contributed by atoms with Crippen molar-refractivity contribution < 1.29 is 28.3 Å². The fourth-order valence-corrected chi connectivity index (χ4v) is 4.61. The number of fused-ring (bicyclic) bond motifs is 1. The molecule has 1 saturated carbocycles. The monoisotopic (exact) mass is 506 g/mol. The molecule has 3 amide bonds. The zero-order chi connectivity index (χ0) is 25.1. The highest BCUT2D eigenvalue weighted by molar-refractivity contribution is 6.35. The van der Waals surface area contributed by atoms with Gasteiger partial charge in [0.05, 0.1) is 17.6 Å². The molecular formula is C24H28ClFN4O5. The summed E-state index contributed by atoms with van der Waals surface area (Å²) in [4.78, 5) is 53.4. The topological polar surface area (TPSA) is 129 Å². The zero-order valence-electron chi connectivity index (χ0n) is 19.3. The number of methoxy groups -OCH3 is 1. The van der Waals surface area contributed by atoms with Gasteiger partial charge in [-0.3, -0.25) is 14.4 Å². The van der Waals surface area contributed by atoms with E-state index in [1.54, 1.807) is 0 Å². The number of benzene rings is 1. The maximum atomic E-state index is 14.1. The first-order chi connectivity index (χ1) is 16.8. The van der Waals surface area contributed by atoms with Crippen molar-refractivity contribution in [3.8, 4) is 0 Å². The van der Waals surface area contributed by atoms with Crippen LogP contribution in [0.5, 0.6) is 0 Å². The minimum absolute atomic E-state index is 0.0593. The molecular weight excluding hydrogens is 479 g/mol. The Morgan fingerprint density at radius 1 is 1.17 bits per heavy atom. The highest BCUT2D eigenvalue weighted by Gasteiger charge is 2.35. The van der Waals surface area contributed by atoms with Gasteiger partial charge in [0, 0.05) is 17.8 Å². The summed E-state index contributed by atoms with van der Waals surface area (Å²) in [5, 5.41) is 8.78. The van der Waals surface area contributed by atoms with Crippen LogP contribution in [0.3, 0.4) is 0 Å². The lowest BCUT2D eigenvalue weighted by atomic mass is 9.91. The summed E-state index contributed by atoms with van der Waals surface area (Å²) in [7, 11) is 1.21. The molecule has 35 heavy (non-hydrogen) atoms. The summed E-state index contributed by atoms with van der Waals surface area (Å²) < 4.78 is 19.0. The van der Waals surface area contributed by atoms with E-state index in [-0.39, 0.29) is 34.5 Å². The Morgan fingerprint density at radius 3 is 2.60 bits per heavy atom. The number of esters is 1. The Hall–Kier alpha value is -3.14. The number of H-pyrrole nitrogens is 1. The molecule has 0 bridgehead atoms. The average Bonchev–Trinajstić information content (AvgIpc) is 3.54. The van der Waals surface area contributed by atoms with Gasteiger partial charge in [-0.1, -0.05) is 24.4 Å². The number of carbonyl (C=O) groups is 4. The molecule has 2 aromatic rings. The maximum Gasteiger partial charge on any atom is 0.328 e. The molecule has 188 valence electrons. The van der Waals surface area contributed by atoms with Crippen LogP contribution >= 0.6 is 11.6 Å². The van der Waals surface area contributed by atoms with Gasteiger partial charge in [-0.05, 0) is 49.8 Å². The summed E-state index contributed by atoms with van der Waals surface area (Å²) in [6.45, 7) is 0.586. The minimum atomic E-state index is -1.03. The Balaban J connectivity index is 1.48. The van der Waals surface area contributed by atoms with Gasteiger partial charge in [0.1, 0.15) is 23.6 Å². The molecule has 1 aromatic carbocycles. The first-order valence-electron chi connectivity index (χ1n) is 11.7. The van der Waals surface area contributed by atoms with Crippen LogP contribution in [0.4, 0.5) is 4.39 Å². The first kappa shape index (κ1) is 25.0. The van der Waals surface area contributed by atoms with Crippen molar-refractivity contribution in [1.82, 2.24) is 20.9 Å². The molecule has 0 spiro atoms. The lowest BCUT2D eigenvalue weighted by Crippen LogP contribution is -2.53. The molecule has 1 saturated heterocycles. The Morgan fingerprint density at radius 2 is 1.94 bits per heavy atom. The highest BCUT2D eigenvalue weighted by atomic mass is 35.5. The van der Waals surface area contributed by atoms with Crippen molar-refractivity contribution in [3.63, 3.8) is 0 Å². The van der Waals surface area contributed by atoms with Crippen LogP contribution in [-0.2, 0) is 19.1 Å². The summed E-state index contributed by atoms with van der Waals surface area (Å²) in [5.74, 6) is -2.66. The number of halogens is 2. The molecule has 1 aliphatic heterocycles. The van der Waals surface area contributed by atoms with Crippen molar-refractivity contribution >= 4 is 46.2 Å². The molecule has 0 unspecified atom stereocenters. The smallest absolute Gasteiger partial charge is 0.328 e. The van der Waals surface area contributed by atoms with Crippen LogP contribution in [0.25, 0.3) is 10.9 Å². The molecule has 11 heteroatoms. The summed E-state index contributed by atoms with van der Waals surface area (Å²) in [6.07, 6.45) is 3.77. The predicted octanol–water partition coefficient (Wildman–Crippen LogP) is 2.43. The molecule has 1 aliphatic carbocycles. The molecule has 4 N–H and O–H groups in total. The average molecular weight is 507 g/mol. The number of aromatic nitrogens is 1. The van der Waals surface area contributed by atoms with E-state index in [9.17, 15) is 23.6 Å². The van der Waals surface area contributed by atoms with Gasteiger partial charge in [-0.2, -0.15) is 0 Å². The van der Waals surface area contributed by atoms with E-state index < -0.39 is 41.6 Å². The van der Waals surface area contributed by atoms with Crippen LogP contribution in [0.15, 0.2) is 18.2 Å². The number of rotatable bonds is 9. The van der Waals surface area contributed by atoms with Crippen molar-refractivity contribution in [2.45, 2.75) is 50.6 Å². The van der Waals surface area contributed by atoms with Gasteiger partial charge in [-0.25, -0.2) is 9.18 Å². The molecule has 0 radical (unpaired) electrons. The summed E-state index contributed by atoms with van der Waals surface area (Å²) in [5.41, 5.74) is 0.159. The molecule has 4 rings (SSSR count). The Labute approximate surface area is 206 Å². The second kappa shape index (κ2) is 10.6. The number of hydrogen-bond acceptors (Lipinski definition) is 5.